The number of nitrogens with one attached hydrogen (secondary N) is 1. The Kier molecular flexibility index (Phi) is 10.0. The number of aryl methyl sites for hydroxylation is 1. The Morgan fingerprint density at radius 3 is 2.29 bits per heavy atom. The number of amides is 2. The van der Waals surface area contributed by atoms with Crippen molar-refractivity contribution in [2.24, 2.45) is 0 Å². The van der Waals surface area contributed by atoms with Gasteiger partial charge in [0.2, 0.25) is 21.8 Å². The molecule has 1 fully saturated rings. The highest BCUT2D eigenvalue weighted by molar-refractivity contribution is 7.92. The summed E-state index contributed by atoms with van der Waals surface area (Å²) in [5, 5.41) is 3.18. The van der Waals surface area contributed by atoms with E-state index in [1.54, 1.807) is 25.3 Å². The van der Waals surface area contributed by atoms with Crippen LogP contribution in [0, 0.1) is 6.92 Å². The smallest absolute Gasteiger partial charge is 0.244 e. The van der Waals surface area contributed by atoms with Gasteiger partial charge in [-0.05, 0) is 60.7 Å². The van der Waals surface area contributed by atoms with Gasteiger partial charge < -0.3 is 15.0 Å². The van der Waals surface area contributed by atoms with Gasteiger partial charge in [-0.2, -0.15) is 0 Å². The zero-order valence-corrected chi connectivity index (χ0v) is 24.8. The van der Waals surface area contributed by atoms with Gasteiger partial charge in [-0.1, -0.05) is 67.4 Å². The number of carbonyl (C=O) groups is 2. The number of anilines is 1. The van der Waals surface area contributed by atoms with Crippen LogP contribution in [0.3, 0.4) is 0 Å². The van der Waals surface area contributed by atoms with E-state index in [9.17, 15) is 18.0 Å². The van der Waals surface area contributed by atoms with E-state index in [4.69, 9.17) is 4.74 Å². The van der Waals surface area contributed by atoms with Crippen molar-refractivity contribution < 1.29 is 22.7 Å². The lowest BCUT2D eigenvalue weighted by atomic mass is 10.0. The summed E-state index contributed by atoms with van der Waals surface area (Å²) in [6.45, 7) is 1.54. The monoisotopic (exact) mass is 577 g/mol. The molecule has 0 bridgehead atoms. The maximum atomic E-state index is 14.2. The zero-order chi connectivity index (χ0) is 29.4. The Labute approximate surface area is 243 Å². The van der Waals surface area contributed by atoms with Gasteiger partial charge in [0.15, 0.2) is 0 Å². The van der Waals surface area contributed by atoms with Gasteiger partial charge >= 0.3 is 0 Å². The highest BCUT2D eigenvalue weighted by atomic mass is 32.2. The first-order valence-corrected chi connectivity index (χ1v) is 15.8. The summed E-state index contributed by atoms with van der Waals surface area (Å²) >= 11 is 0. The maximum Gasteiger partial charge on any atom is 0.244 e. The first kappa shape index (κ1) is 30.1. The quantitative estimate of drug-likeness (QED) is 0.343. The molecule has 0 unspecified atom stereocenters. The molecule has 4 rings (SSSR count). The number of carbonyl (C=O) groups excluding carboxylic acids is 2. The second-order valence-corrected chi connectivity index (χ2v) is 12.6. The van der Waals surface area contributed by atoms with Crippen molar-refractivity contribution in [3.05, 3.63) is 95.6 Å². The minimum Gasteiger partial charge on any atom is -0.497 e. The van der Waals surface area contributed by atoms with Crippen LogP contribution in [0.25, 0.3) is 0 Å². The summed E-state index contributed by atoms with van der Waals surface area (Å²) in [5.41, 5.74) is 2.94. The van der Waals surface area contributed by atoms with Crippen molar-refractivity contribution in [2.45, 2.75) is 57.7 Å². The summed E-state index contributed by atoms with van der Waals surface area (Å²) in [4.78, 5) is 29.6. The van der Waals surface area contributed by atoms with Crippen molar-refractivity contribution in [3.8, 4) is 5.75 Å². The van der Waals surface area contributed by atoms with Gasteiger partial charge in [-0.3, -0.25) is 13.9 Å². The number of rotatable bonds is 12. The van der Waals surface area contributed by atoms with E-state index >= 15 is 0 Å². The average Bonchev–Trinajstić information content (AvgIpc) is 3.46. The summed E-state index contributed by atoms with van der Waals surface area (Å²) in [7, 11) is -2.23. The highest BCUT2D eigenvalue weighted by Crippen LogP contribution is 2.23. The molecule has 0 saturated heterocycles. The molecular weight excluding hydrogens is 538 g/mol. The standard InChI is InChI=1S/C32H39N3O5S/c1-24-11-9-17-28(19-24)35(41(3,38)39)23-31(36)34(22-26-14-10-18-29(20-26)40-2)30(21-25-12-5-4-6-13-25)32(37)33-27-15-7-8-16-27/h4-6,9-14,17-20,27,30H,7-8,15-16,21-23H2,1-3H3,(H,33,37)/t30-/m1/s1. The topological polar surface area (TPSA) is 96.0 Å². The maximum absolute atomic E-state index is 14.2. The molecule has 1 aliphatic carbocycles. The molecule has 41 heavy (non-hydrogen) atoms. The van der Waals surface area contributed by atoms with Crippen LogP contribution in [0.15, 0.2) is 78.9 Å². The second kappa shape index (κ2) is 13.7. The minimum atomic E-state index is -3.81. The first-order chi connectivity index (χ1) is 19.6. The van der Waals surface area contributed by atoms with Crippen molar-refractivity contribution in [2.75, 3.05) is 24.2 Å². The summed E-state index contributed by atoms with van der Waals surface area (Å²) in [5.74, 6) is -0.0804. The molecule has 1 aliphatic rings. The van der Waals surface area contributed by atoms with Crippen LogP contribution in [-0.4, -0.2) is 57.1 Å². The third-order valence-electron chi connectivity index (χ3n) is 7.43. The van der Waals surface area contributed by atoms with E-state index in [-0.39, 0.29) is 18.5 Å². The van der Waals surface area contributed by atoms with Crippen molar-refractivity contribution in [3.63, 3.8) is 0 Å². The van der Waals surface area contributed by atoms with Gasteiger partial charge in [0, 0.05) is 19.0 Å². The zero-order valence-electron chi connectivity index (χ0n) is 24.0. The summed E-state index contributed by atoms with van der Waals surface area (Å²) < 4.78 is 32.4. The SMILES string of the molecule is COc1cccc(CN(C(=O)CN(c2cccc(C)c2)S(C)(=O)=O)[C@H](Cc2ccccc2)C(=O)NC2CCCC2)c1. The van der Waals surface area contributed by atoms with E-state index in [0.717, 1.165) is 52.9 Å². The fourth-order valence-corrected chi connectivity index (χ4v) is 6.13. The lowest BCUT2D eigenvalue weighted by Crippen LogP contribution is -2.54. The summed E-state index contributed by atoms with van der Waals surface area (Å²) in [6.07, 6.45) is 5.30. The third-order valence-corrected chi connectivity index (χ3v) is 8.57. The second-order valence-electron chi connectivity index (χ2n) is 10.7. The van der Waals surface area contributed by atoms with Crippen LogP contribution in [0.4, 0.5) is 5.69 Å². The molecule has 0 radical (unpaired) electrons. The molecule has 8 nitrogen and oxygen atoms in total. The van der Waals surface area contributed by atoms with Crippen LogP contribution in [0.2, 0.25) is 0 Å². The molecule has 2 amide bonds. The number of hydrogen-bond donors (Lipinski definition) is 1. The number of hydrogen-bond acceptors (Lipinski definition) is 5. The molecule has 0 aliphatic heterocycles. The highest BCUT2D eigenvalue weighted by Gasteiger charge is 2.34. The summed E-state index contributed by atoms with van der Waals surface area (Å²) in [6, 6.07) is 23.1. The normalized spacial score (nSPS) is 14.3. The van der Waals surface area contributed by atoms with E-state index in [1.165, 1.54) is 4.90 Å². The van der Waals surface area contributed by atoms with E-state index in [0.29, 0.717) is 17.9 Å². The Balaban J connectivity index is 1.73. The van der Waals surface area contributed by atoms with Crippen LogP contribution < -0.4 is 14.4 Å². The fourth-order valence-electron chi connectivity index (χ4n) is 5.29. The van der Waals surface area contributed by atoms with Gasteiger partial charge in [-0.15, -0.1) is 0 Å². The van der Waals surface area contributed by atoms with Crippen LogP contribution in [0.5, 0.6) is 5.75 Å². The molecule has 218 valence electrons. The van der Waals surface area contributed by atoms with E-state index in [1.807, 2.05) is 67.6 Å². The van der Waals surface area contributed by atoms with Gasteiger partial charge in [-0.25, -0.2) is 8.42 Å². The predicted molar refractivity (Wildman–Crippen MR) is 161 cm³/mol. The molecule has 3 aromatic rings. The number of ether oxygens (including phenoxy) is 1. The van der Waals surface area contributed by atoms with Crippen molar-refractivity contribution >= 4 is 27.5 Å². The van der Waals surface area contributed by atoms with E-state index in [2.05, 4.69) is 5.32 Å². The predicted octanol–water partition coefficient (Wildman–Crippen LogP) is 4.47. The molecule has 1 N–H and O–H groups in total. The van der Waals surface area contributed by atoms with Crippen LogP contribution >= 0.6 is 0 Å². The molecule has 9 heteroatoms. The number of methoxy groups -OCH3 is 1. The van der Waals surface area contributed by atoms with Gasteiger partial charge in [0.05, 0.1) is 19.1 Å². The number of benzene rings is 3. The molecule has 3 aromatic carbocycles. The molecule has 0 aromatic heterocycles. The molecule has 0 heterocycles. The number of sulfonamides is 1. The third kappa shape index (κ3) is 8.33. The Morgan fingerprint density at radius 1 is 0.951 bits per heavy atom. The molecule has 1 saturated carbocycles. The van der Waals surface area contributed by atoms with Gasteiger partial charge in [0.1, 0.15) is 18.3 Å². The largest absolute Gasteiger partial charge is 0.497 e. The fraction of sp³-hybridized carbons (Fsp3) is 0.375. The number of nitrogens with zero attached hydrogens (tertiary/aromatic N) is 2. The average molecular weight is 578 g/mol. The molecule has 0 spiro atoms. The lowest BCUT2D eigenvalue weighted by Gasteiger charge is -2.34. The minimum absolute atomic E-state index is 0.0642. The first-order valence-electron chi connectivity index (χ1n) is 13.9. The van der Waals surface area contributed by atoms with Crippen molar-refractivity contribution in [1.29, 1.82) is 0 Å². The molecular formula is C32H39N3O5S. The lowest BCUT2D eigenvalue weighted by molar-refractivity contribution is -0.140. The van der Waals surface area contributed by atoms with Gasteiger partial charge in [0.25, 0.3) is 0 Å². The Hall–Kier alpha value is -3.85. The van der Waals surface area contributed by atoms with Crippen LogP contribution in [-0.2, 0) is 32.6 Å². The Morgan fingerprint density at radius 2 is 1.63 bits per heavy atom. The van der Waals surface area contributed by atoms with Crippen LogP contribution in [0.1, 0.15) is 42.4 Å². The van der Waals surface area contributed by atoms with E-state index < -0.39 is 28.5 Å². The van der Waals surface area contributed by atoms with Crippen molar-refractivity contribution in [1.82, 2.24) is 10.2 Å². The molecule has 1 atom stereocenters. The Bertz CT molecular complexity index is 1440.